The molecule has 0 unspecified atom stereocenters. The highest BCUT2D eigenvalue weighted by molar-refractivity contribution is 7.09. The monoisotopic (exact) mass is 306 g/mol. The van der Waals surface area contributed by atoms with Gasteiger partial charge in [-0.25, -0.2) is 9.37 Å². The molecule has 0 saturated heterocycles. The second-order valence-corrected chi connectivity index (χ2v) is 6.13. The van der Waals surface area contributed by atoms with Crippen molar-refractivity contribution >= 4 is 17.2 Å². The van der Waals surface area contributed by atoms with Crippen LogP contribution in [0.15, 0.2) is 29.6 Å². The number of carbonyl (C=O) groups excluding carboxylic acids is 1. The molecule has 1 aromatic heterocycles. The van der Waals surface area contributed by atoms with Crippen LogP contribution >= 0.6 is 11.3 Å². The second kappa shape index (κ2) is 7.31. The quantitative estimate of drug-likeness (QED) is 0.889. The third-order valence-corrected chi connectivity index (χ3v) is 4.21. The lowest BCUT2D eigenvalue weighted by molar-refractivity contribution is -0.120. The van der Waals surface area contributed by atoms with Crippen LogP contribution in [0.3, 0.4) is 0 Å². The molecule has 0 aliphatic rings. The van der Waals surface area contributed by atoms with Crippen LogP contribution in [0.1, 0.15) is 36.0 Å². The molecule has 1 heterocycles. The Morgan fingerprint density at radius 1 is 1.43 bits per heavy atom. The van der Waals surface area contributed by atoms with Gasteiger partial charge in [0.25, 0.3) is 0 Å². The van der Waals surface area contributed by atoms with Crippen molar-refractivity contribution in [1.82, 2.24) is 10.3 Å². The zero-order valence-corrected chi connectivity index (χ0v) is 13.0. The van der Waals surface area contributed by atoms with E-state index in [1.165, 1.54) is 12.1 Å². The van der Waals surface area contributed by atoms with Crippen LogP contribution in [-0.4, -0.2) is 17.4 Å². The fourth-order valence-corrected chi connectivity index (χ4v) is 2.80. The van der Waals surface area contributed by atoms with Gasteiger partial charge in [-0.3, -0.25) is 4.79 Å². The zero-order valence-electron chi connectivity index (χ0n) is 12.2. The smallest absolute Gasteiger partial charge is 0.224 e. The van der Waals surface area contributed by atoms with Gasteiger partial charge < -0.3 is 5.32 Å². The number of thiazole rings is 1. The molecule has 1 amide bonds. The van der Waals surface area contributed by atoms with Gasteiger partial charge in [0, 0.05) is 24.3 Å². The van der Waals surface area contributed by atoms with Gasteiger partial charge in [-0.2, -0.15) is 0 Å². The van der Waals surface area contributed by atoms with Crippen LogP contribution in [0, 0.1) is 5.82 Å². The van der Waals surface area contributed by atoms with Crippen molar-refractivity contribution in [1.29, 1.82) is 0 Å². The largest absolute Gasteiger partial charge is 0.355 e. The molecular weight excluding hydrogens is 287 g/mol. The maximum Gasteiger partial charge on any atom is 0.224 e. The molecule has 0 bridgehead atoms. The van der Waals surface area contributed by atoms with Crippen molar-refractivity contribution in [3.05, 3.63) is 51.7 Å². The van der Waals surface area contributed by atoms with Crippen molar-refractivity contribution in [2.75, 3.05) is 6.54 Å². The van der Waals surface area contributed by atoms with E-state index in [0.717, 1.165) is 17.1 Å². The first kappa shape index (κ1) is 15.6. The Hall–Kier alpha value is -1.75. The van der Waals surface area contributed by atoms with Crippen LogP contribution in [0.2, 0.25) is 0 Å². The molecule has 1 N–H and O–H groups in total. The van der Waals surface area contributed by atoms with Gasteiger partial charge in [0.2, 0.25) is 5.91 Å². The Labute approximate surface area is 128 Å². The summed E-state index contributed by atoms with van der Waals surface area (Å²) < 4.78 is 13.0. The van der Waals surface area contributed by atoms with Gasteiger partial charge in [-0.15, -0.1) is 11.3 Å². The average molecular weight is 306 g/mol. The van der Waals surface area contributed by atoms with E-state index >= 15 is 0 Å². The van der Waals surface area contributed by atoms with Crippen molar-refractivity contribution in [2.24, 2.45) is 0 Å². The number of nitrogens with one attached hydrogen (secondary N) is 1. The minimum Gasteiger partial charge on any atom is -0.355 e. The SMILES string of the molecule is CC(C)c1nc(CCNC(=O)Cc2cccc(F)c2)cs1. The van der Waals surface area contributed by atoms with Crippen LogP contribution in [0.25, 0.3) is 0 Å². The number of halogens is 1. The molecule has 0 radical (unpaired) electrons. The molecular formula is C16H19FN2OS. The maximum absolute atomic E-state index is 13.0. The molecule has 5 heteroatoms. The lowest BCUT2D eigenvalue weighted by Gasteiger charge is -2.04. The first-order valence-electron chi connectivity index (χ1n) is 7.00. The fraction of sp³-hybridized carbons (Fsp3) is 0.375. The molecule has 0 spiro atoms. The van der Waals surface area contributed by atoms with E-state index in [2.05, 4.69) is 24.1 Å². The Kier molecular flexibility index (Phi) is 5.44. The predicted molar refractivity (Wildman–Crippen MR) is 83.0 cm³/mol. The number of nitrogens with zero attached hydrogens (tertiary/aromatic N) is 1. The highest BCUT2D eigenvalue weighted by Gasteiger charge is 2.07. The summed E-state index contributed by atoms with van der Waals surface area (Å²) in [5, 5.41) is 6.00. The molecule has 0 aliphatic heterocycles. The van der Waals surface area contributed by atoms with Gasteiger partial charge >= 0.3 is 0 Å². The Bertz CT molecular complexity index is 610. The van der Waals surface area contributed by atoms with E-state index in [1.54, 1.807) is 23.5 Å². The van der Waals surface area contributed by atoms with Gasteiger partial charge in [0.05, 0.1) is 17.1 Å². The van der Waals surface area contributed by atoms with Crippen molar-refractivity contribution in [3.63, 3.8) is 0 Å². The van der Waals surface area contributed by atoms with E-state index < -0.39 is 0 Å². The number of hydrogen-bond acceptors (Lipinski definition) is 3. The van der Waals surface area contributed by atoms with Crippen molar-refractivity contribution < 1.29 is 9.18 Å². The predicted octanol–water partition coefficient (Wildman–Crippen LogP) is 3.31. The number of amides is 1. The summed E-state index contributed by atoms with van der Waals surface area (Å²) in [4.78, 5) is 16.3. The fourth-order valence-electron chi connectivity index (χ4n) is 1.93. The summed E-state index contributed by atoms with van der Waals surface area (Å²) >= 11 is 1.66. The van der Waals surface area contributed by atoms with Crippen LogP contribution < -0.4 is 5.32 Å². The molecule has 3 nitrogen and oxygen atoms in total. The van der Waals surface area contributed by atoms with Gasteiger partial charge in [-0.1, -0.05) is 26.0 Å². The number of rotatable bonds is 6. The standard InChI is InChI=1S/C16H19FN2OS/c1-11(2)16-19-14(10-21-16)6-7-18-15(20)9-12-4-3-5-13(17)8-12/h3-5,8,10-11H,6-7,9H2,1-2H3,(H,18,20). The van der Waals surface area contributed by atoms with Crippen molar-refractivity contribution in [2.45, 2.75) is 32.6 Å². The summed E-state index contributed by atoms with van der Waals surface area (Å²) in [5.41, 5.74) is 1.69. The van der Waals surface area contributed by atoms with E-state index in [0.29, 0.717) is 18.0 Å². The van der Waals surface area contributed by atoms with Crippen LogP contribution in [-0.2, 0) is 17.6 Å². The average Bonchev–Trinajstić information content (AvgIpc) is 2.87. The van der Waals surface area contributed by atoms with E-state index in [9.17, 15) is 9.18 Å². The number of hydrogen-bond donors (Lipinski definition) is 1. The highest BCUT2D eigenvalue weighted by Crippen LogP contribution is 2.19. The Balaban J connectivity index is 1.76. The topological polar surface area (TPSA) is 42.0 Å². The highest BCUT2D eigenvalue weighted by atomic mass is 32.1. The lowest BCUT2D eigenvalue weighted by Crippen LogP contribution is -2.27. The molecule has 21 heavy (non-hydrogen) atoms. The molecule has 2 rings (SSSR count). The molecule has 0 fully saturated rings. The zero-order chi connectivity index (χ0) is 15.2. The molecule has 0 aliphatic carbocycles. The first-order chi connectivity index (χ1) is 10.0. The molecule has 112 valence electrons. The van der Waals surface area contributed by atoms with Crippen molar-refractivity contribution in [3.8, 4) is 0 Å². The Morgan fingerprint density at radius 3 is 2.90 bits per heavy atom. The van der Waals surface area contributed by atoms with Gasteiger partial charge in [-0.05, 0) is 17.7 Å². The van der Waals surface area contributed by atoms with E-state index in [4.69, 9.17) is 0 Å². The normalized spacial score (nSPS) is 10.9. The minimum atomic E-state index is -0.316. The minimum absolute atomic E-state index is 0.0973. The van der Waals surface area contributed by atoms with Crippen LogP contribution in [0.5, 0.6) is 0 Å². The van der Waals surface area contributed by atoms with E-state index in [-0.39, 0.29) is 18.1 Å². The molecule has 1 aromatic carbocycles. The third-order valence-electron chi connectivity index (χ3n) is 3.02. The molecule has 2 aromatic rings. The lowest BCUT2D eigenvalue weighted by atomic mass is 10.1. The molecule has 0 atom stereocenters. The summed E-state index contributed by atoms with van der Waals surface area (Å²) in [5.74, 6) is 0.0234. The summed E-state index contributed by atoms with van der Waals surface area (Å²) in [6, 6.07) is 6.11. The van der Waals surface area contributed by atoms with Crippen LogP contribution in [0.4, 0.5) is 4.39 Å². The third kappa shape index (κ3) is 4.93. The maximum atomic E-state index is 13.0. The van der Waals surface area contributed by atoms with Gasteiger partial charge in [0.1, 0.15) is 5.82 Å². The summed E-state index contributed by atoms with van der Waals surface area (Å²) in [7, 11) is 0. The number of carbonyl (C=O) groups is 1. The van der Waals surface area contributed by atoms with E-state index in [1.807, 2.05) is 5.38 Å². The molecule has 0 saturated carbocycles. The number of benzene rings is 1. The second-order valence-electron chi connectivity index (χ2n) is 5.24. The number of aromatic nitrogens is 1. The Morgan fingerprint density at radius 2 is 2.24 bits per heavy atom. The summed E-state index contributed by atoms with van der Waals surface area (Å²) in [6.45, 7) is 4.78. The summed E-state index contributed by atoms with van der Waals surface area (Å²) in [6.07, 6.45) is 0.921. The first-order valence-corrected chi connectivity index (χ1v) is 7.88. The van der Waals surface area contributed by atoms with Gasteiger partial charge in [0.15, 0.2) is 0 Å².